The minimum absolute atomic E-state index is 0.192. The molecule has 0 aromatic carbocycles. The van der Waals surface area contributed by atoms with Crippen LogP contribution in [0.25, 0.3) is 16.6 Å². The molecule has 4 aromatic heterocycles. The molecule has 5 rings (SSSR count). The van der Waals surface area contributed by atoms with Crippen molar-refractivity contribution in [1.29, 1.82) is 0 Å². The molecule has 1 fully saturated rings. The standard InChI is InChI=1S/C22H26N8O/c1-27-15-19(13-25-27)18-4-5-20-21(14-26-30(20)16-18)28-6-8-29(9-7-28)22-23-11-17(12-24-22)3-2-10-31/h4-5,11-16,31H,2-3,6-10H2,1H3. The molecule has 160 valence electrons. The predicted octanol–water partition coefficient (Wildman–Crippen LogP) is 1.78. The van der Waals surface area contributed by atoms with E-state index in [2.05, 4.69) is 48.3 Å². The lowest BCUT2D eigenvalue weighted by molar-refractivity contribution is 0.288. The molecule has 9 nitrogen and oxygen atoms in total. The maximum atomic E-state index is 8.96. The van der Waals surface area contributed by atoms with E-state index in [1.807, 2.05) is 42.5 Å². The topological polar surface area (TPSA) is 87.6 Å². The van der Waals surface area contributed by atoms with E-state index >= 15 is 0 Å². The highest BCUT2D eigenvalue weighted by Gasteiger charge is 2.21. The summed E-state index contributed by atoms with van der Waals surface area (Å²) in [5.41, 5.74) is 5.49. The lowest BCUT2D eigenvalue weighted by Gasteiger charge is -2.35. The fourth-order valence-electron chi connectivity index (χ4n) is 4.03. The zero-order valence-corrected chi connectivity index (χ0v) is 17.6. The minimum Gasteiger partial charge on any atom is -0.396 e. The molecule has 1 aliphatic heterocycles. The molecule has 0 unspecified atom stereocenters. The Morgan fingerprint density at radius 3 is 2.35 bits per heavy atom. The van der Waals surface area contributed by atoms with Crippen molar-refractivity contribution in [3.63, 3.8) is 0 Å². The molecular formula is C22H26N8O. The third-order valence-electron chi connectivity index (χ3n) is 5.75. The van der Waals surface area contributed by atoms with Crippen LogP contribution in [0.15, 0.2) is 49.3 Å². The Balaban J connectivity index is 1.27. The number of nitrogens with zero attached hydrogens (tertiary/aromatic N) is 8. The SMILES string of the molecule is Cn1cc(-c2ccc3c(N4CCN(c5ncc(CCCO)cn5)CC4)cnn3c2)cn1. The highest BCUT2D eigenvalue weighted by molar-refractivity contribution is 5.75. The fraction of sp³-hybridized carbons (Fsp3) is 0.364. The molecule has 0 bridgehead atoms. The summed E-state index contributed by atoms with van der Waals surface area (Å²) in [7, 11) is 1.92. The third-order valence-corrected chi connectivity index (χ3v) is 5.75. The first-order valence-electron chi connectivity index (χ1n) is 10.6. The molecule has 0 atom stereocenters. The van der Waals surface area contributed by atoms with E-state index in [4.69, 9.17) is 5.11 Å². The van der Waals surface area contributed by atoms with Crippen molar-refractivity contribution >= 4 is 17.2 Å². The van der Waals surface area contributed by atoms with Crippen LogP contribution in [0.5, 0.6) is 0 Å². The van der Waals surface area contributed by atoms with Gasteiger partial charge in [0.25, 0.3) is 0 Å². The van der Waals surface area contributed by atoms with Gasteiger partial charge in [0.05, 0.1) is 23.6 Å². The van der Waals surface area contributed by atoms with Crippen LogP contribution in [-0.4, -0.2) is 67.3 Å². The van der Waals surface area contributed by atoms with Crippen LogP contribution < -0.4 is 9.80 Å². The summed E-state index contributed by atoms with van der Waals surface area (Å²) in [6.45, 7) is 3.70. The molecule has 1 aliphatic rings. The Bertz CT molecular complexity index is 1160. The molecule has 0 radical (unpaired) electrons. The van der Waals surface area contributed by atoms with Crippen LogP contribution in [0.3, 0.4) is 0 Å². The Morgan fingerprint density at radius 2 is 1.65 bits per heavy atom. The molecule has 1 saturated heterocycles. The first kappa shape index (κ1) is 19.5. The summed E-state index contributed by atoms with van der Waals surface area (Å²) >= 11 is 0. The van der Waals surface area contributed by atoms with E-state index in [1.54, 1.807) is 4.68 Å². The highest BCUT2D eigenvalue weighted by Crippen LogP contribution is 2.26. The number of hydrogen-bond donors (Lipinski definition) is 1. The molecule has 0 spiro atoms. The van der Waals surface area contributed by atoms with Crippen LogP contribution in [0.4, 0.5) is 11.6 Å². The van der Waals surface area contributed by atoms with Crippen molar-refractivity contribution in [3.05, 3.63) is 54.9 Å². The molecular weight excluding hydrogens is 392 g/mol. The number of piperazine rings is 1. The van der Waals surface area contributed by atoms with Gasteiger partial charge < -0.3 is 14.9 Å². The Labute approximate surface area is 180 Å². The van der Waals surface area contributed by atoms with E-state index in [0.717, 1.165) is 72.9 Å². The predicted molar refractivity (Wildman–Crippen MR) is 119 cm³/mol. The second kappa shape index (κ2) is 8.35. The zero-order valence-electron chi connectivity index (χ0n) is 17.6. The summed E-state index contributed by atoms with van der Waals surface area (Å²) in [5, 5.41) is 17.8. The van der Waals surface area contributed by atoms with Crippen molar-refractivity contribution in [3.8, 4) is 11.1 Å². The number of hydrogen-bond acceptors (Lipinski definition) is 7. The van der Waals surface area contributed by atoms with Crippen LogP contribution in [-0.2, 0) is 13.5 Å². The lowest BCUT2D eigenvalue weighted by Crippen LogP contribution is -2.47. The van der Waals surface area contributed by atoms with Crippen molar-refractivity contribution in [2.45, 2.75) is 12.8 Å². The Hall–Kier alpha value is -3.46. The van der Waals surface area contributed by atoms with Gasteiger partial charge in [-0.25, -0.2) is 14.5 Å². The van der Waals surface area contributed by atoms with Gasteiger partial charge in [-0.3, -0.25) is 4.68 Å². The van der Waals surface area contributed by atoms with E-state index in [-0.39, 0.29) is 6.61 Å². The molecule has 9 heteroatoms. The monoisotopic (exact) mass is 418 g/mol. The second-order valence-corrected chi connectivity index (χ2v) is 7.87. The van der Waals surface area contributed by atoms with Crippen molar-refractivity contribution in [2.24, 2.45) is 7.05 Å². The Kier molecular flexibility index (Phi) is 5.25. The lowest BCUT2D eigenvalue weighted by atomic mass is 10.1. The average molecular weight is 419 g/mol. The van der Waals surface area contributed by atoms with Crippen LogP contribution in [0.1, 0.15) is 12.0 Å². The van der Waals surface area contributed by atoms with Crippen molar-refractivity contribution in [2.75, 3.05) is 42.6 Å². The average Bonchev–Trinajstić information content (AvgIpc) is 3.44. The van der Waals surface area contributed by atoms with Gasteiger partial charge in [0.1, 0.15) is 0 Å². The smallest absolute Gasteiger partial charge is 0.225 e. The highest BCUT2D eigenvalue weighted by atomic mass is 16.2. The van der Waals surface area contributed by atoms with E-state index in [0.29, 0.717) is 0 Å². The maximum absolute atomic E-state index is 8.96. The second-order valence-electron chi connectivity index (χ2n) is 7.87. The summed E-state index contributed by atoms with van der Waals surface area (Å²) in [6.07, 6.45) is 13.2. The number of aliphatic hydroxyl groups is 1. The molecule has 31 heavy (non-hydrogen) atoms. The zero-order chi connectivity index (χ0) is 21.2. The molecule has 1 N–H and O–H groups in total. The van der Waals surface area contributed by atoms with E-state index < -0.39 is 0 Å². The van der Waals surface area contributed by atoms with Crippen molar-refractivity contribution in [1.82, 2.24) is 29.4 Å². The van der Waals surface area contributed by atoms with Gasteiger partial charge in [-0.1, -0.05) is 6.07 Å². The Morgan fingerprint density at radius 1 is 0.871 bits per heavy atom. The largest absolute Gasteiger partial charge is 0.396 e. The van der Waals surface area contributed by atoms with E-state index in [1.165, 1.54) is 0 Å². The van der Waals surface area contributed by atoms with Gasteiger partial charge in [-0.05, 0) is 24.5 Å². The fourth-order valence-corrected chi connectivity index (χ4v) is 4.03. The van der Waals surface area contributed by atoms with Gasteiger partial charge >= 0.3 is 0 Å². The third kappa shape index (κ3) is 3.96. The van der Waals surface area contributed by atoms with Gasteiger partial charge in [0, 0.05) is 75.7 Å². The molecule has 4 aromatic rings. The van der Waals surface area contributed by atoms with Gasteiger partial charge in [-0.2, -0.15) is 10.2 Å². The minimum atomic E-state index is 0.192. The number of rotatable bonds is 6. The van der Waals surface area contributed by atoms with Gasteiger partial charge in [0.15, 0.2) is 0 Å². The summed E-state index contributed by atoms with van der Waals surface area (Å²) in [6, 6.07) is 4.26. The van der Waals surface area contributed by atoms with Gasteiger partial charge in [-0.15, -0.1) is 0 Å². The maximum Gasteiger partial charge on any atom is 0.225 e. The summed E-state index contributed by atoms with van der Waals surface area (Å²) in [5.74, 6) is 0.772. The number of anilines is 2. The summed E-state index contributed by atoms with van der Waals surface area (Å²) in [4.78, 5) is 13.6. The first-order chi connectivity index (χ1) is 15.2. The molecule has 0 amide bonds. The normalized spacial score (nSPS) is 14.5. The number of pyridine rings is 1. The van der Waals surface area contributed by atoms with Crippen LogP contribution in [0.2, 0.25) is 0 Å². The number of aliphatic hydroxyl groups excluding tert-OH is 1. The van der Waals surface area contributed by atoms with Crippen molar-refractivity contribution < 1.29 is 5.11 Å². The number of aromatic nitrogens is 6. The van der Waals surface area contributed by atoms with Crippen LogP contribution >= 0.6 is 0 Å². The molecule has 0 aliphatic carbocycles. The molecule has 5 heterocycles. The van der Waals surface area contributed by atoms with Gasteiger partial charge in [0.2, 0.25) is 5.95 Å². The number of fused-ring (bicyclic) bond motifs is 1. The molecule has 0 saturated carbocycles. The quantitative estimate of drug-likeness (QED) is 0.511. The first-order valence-corrected chi connectivity index (χ1v) is 10.6. The number of aryl methyl sites for hydroxylation is 2. The summed E-state index contributed by atoms with van der Waals surface area (Å²) < 4.78 is 3.75. The van der Waals surface area contributed by atoms with E-state index in [9.17, 15) is 0 Å². The van der Waals surface area contributed by atoms with Crippen LogP contribution in [0, 0.1) is 0 Å².